The molecule has 18 heavy (non-hydrogen) atoms. The second-order valence-corrected chi connectivity index (χ2v) is 3.55. The summed E-state index contributed by atoms with van der Waals surface area (Å²) in [5.74, 6) is -1.63. The highest BCUT2D eigenvalue weighted by Gasteiger charge is 2.07. The summed E-state index contributed by atoms with van der Waals surface area (Å²) < 4.78 is 17.8. The van der Waals surface area contributed by atoms with E-state index in [0.29, 0.717) is 0 Å². The maximum Gasteiger partial charge on any atom is 0.251 e. The Morgan fingerprint density at radius 1 is 1.33 bits per heavy atom. The van der Waals surface area contributed by atoms with E-state index in [1.165, 1.54) is 6.07 Å². The lowest BCUT2D eigenvalue weighted by Gasteiger charge is -2.06. The molecule has 7 heteroatoms. The fourth-order valence-electron chi connectivity index (χ4n) is 1.25. The first-order valence-corrected chi connectivity index (χ1v) is 5.19. The fraction of sp³-hybridized carbons (Fsp3) is 0.273. The quantitative estimate of drug-likeness (QED) is 0.476. The van der Waals surface area contributed by atoms with Crippen LogP contribution in [0.1, 0.15) is 10.4 Å². The molecule has 98 valence electrons. The molecule has 0 aliphatic carbocycles. The van der Waals surface area contributed by atoms with E-state index in [1.54, 1.807) is 0 Å². The van der Waals surface area contributed by atoms with Gasteiger partial charge in [0.05, 0.1) is 6.61 Å². The fourth-order valence-corrected chi connectivity index (χ4v) is 1.25. The summed E-state index contributed by atoms with van der Waals surface area (Å²) in [6.45, 7) is 0.116. The molecule has 0 radical (unpaired) electrons. The van der Waals surface area contributed by atoms with Gasteiger partial charge in [-0.1, -0.05) is 0 Å². The van der Waals surface area contributed by atoms with E-state index in [1.807, 2.05) is 0 Å². The van der Waals surface area contributed by atoms with Crippen LogP contribution in [-0.2, 0) is 9.53 Å². The van der Waals surface area contributed by atoms with Gasteiger partial charge in [-0.05, 0) is 18.2 Å². The molecular formula is C11H14FN3O3. The van der Waals surface area contributed by atoms with Gasteiger partial charge in [0.25, 0.3) is 5.91 Å². The van der Waals surface area contributed by atoms with E-state index in [2.05, 4.69) is 5.32 Å². The zero-order valence-corrected chi connectivity index (χ0v) is 9.61. The minimum Gasteiger partial charge on any atom is -0.399 e. The van der Waals surface area contributed by atoms with E-state index < -0.39 is 17.6 Å². The standard InChI is InChI=1S/C11H14FN3O3/c12-8-3-7(4-9(13)5-8)11(17)15-1-2-18-6-10(14)16/h3-5H,1-2,6,13H2,(H2,14,16)(H,15,17). The Morgan fingerprint density at radius 2 is 2.06 bits per heavy atom. The molecule has 0 bridgehead atoms. The first kappa shape index (κ1) is 13.9. The molecule has 0 unspecified atom stereocenters. The van der Waals surface area contributed by atoms with Crippen LogP contribution in [0.3, 0.4) is 0 Å². The molecule has 1 aromatic carbocycles. The molecule has 6 nitrogen and oxygen atoms in total. The number of ether oxygens (including phenoxy) is 1. The summed E-state index contributed by atoms with van der Waals surface area (Å²) in [6, 6.07) is 3.56. The molecule has 0 saturated carbocycles. The molecule has 2 amide bonds. The lowest BCUT2D eigenvalue weighted by Crippen LogP contribution is -2.29. The number of anilines is 1. The van der Waals surface area contributed by atoms with Gasteiger partial charge in [0.2, 0.25) is 5.91 Å². The topological polar surface area (TPSA) is 107 Å². The Morgan fingerprint density at radius 3 is 2.67 bits per heavy atom. The number of carbonyl (C=O) groups is 2. The van der Waals surface area contributed by atoms with Crippen molar-refractivity contribution in [2.45, 2.75) is 0 Å². The first-order chi connectivity index (χ1) is 8.49. The van der Waals surface area contributed by atoms with Crippen molar-refractivity contribution in [2.24, 2.45) is 5.73 Å². The summed E-state index contributed by atoms with van der Waals surface area (Å²) in [5, 5.41) is 2.49. The largest absolute Gasteiger partial charge is 0.399 e. The molecule has 0 saturated heterocycles. The van der Waals surface area contributed by atoms with Gasteiger partial charge < -0.3 is 21.5 Å². The molecule has 0 atom stereocenters. The molecule has 5 N–H and O–H groups in total. The molecule has 1 rings (SSSR count). The zero-order valence-electron chi connectivity index (χ0n) is 9.61. The van der Waals surface area contributed by atoms with Crippen LogP contribution in [0, 0.1) is 5.82 Å². The van der Waals surface area contributed by atoms with Gasteiger partial charge in [0, 0.05) is 17.8 Å². The van der Waals surface area contributed by atoms with E-state index in [9.17, 15) is 14.0 Å². The van der Waals surface area contributed by atoms with Gasteiger partial charge >= 0.3 is 0 Å². The van der Waals surface area contributed by atoms with Gasteiger partial charge in [-0.2, -0.15) is 0 Å². The summed E-state index contributed by atoms with van der Waals surface area (Å²) in [5.41, 5.74) is 10.6. The lowest BCUT2D eigenvalue weighted by molar-refractivity contribution is -0.122. The average Bonchev–Trinajstić information content (AvgIpc) is 2.26. The van der Waals surface area contributed by atoms with Crippen LogP contribution in [0.4, 0.5) is 10.1 Å². The van der Waals surface area contributed by atoms with Crippen molar-refractivity contribution >= 4 is 17.5 Å². The van der Waals surface area contributed by atoms with Crippen molar-refractivity contribution in [1.82, 2.24) is 5.32 Å². The molecule has 0 spiro atoms. The van der Waals surface area contributed by atoms with Crippen molar-refractivity contribution < 1.29 is 18.7 Å². The number of primary amides is 1. The number of halogens is 1. The van der Waals surface area contributed by atoms with Gasteiger partial charge in [-0.15, -0.1) is 0 Å². The number of hydrogen-bond donors (Lipinski definition) is 3. The minimum atomic E-state index is -0.584. The number of rotatable bonds is 6. The second kappa shape index (κ2) is 6.55. The monoisotopic (exact) mass is 255 g/mol. The van der Waals surface area contributed by atoms with Crippen molar-refractivity contribution in [3.8, 4) is 0 Å². The van der Waals surface area contributed by atoms with E-state index in [0.717, 1.165) is 12.1 Å². The Kier molecular flexibility index (Phi) is 5.06. The maximum absolute atomic E-state index is 13.0. The van der Waals surface area contributed by atoms with Crippen LogP contribution in [0.5, 0.6) is 0 Å². The van der Waals surface area contributed by atoms with E-state index >= 15 is 0 Å². The van der Waals surface area contributed by atoms with Crippen molar-refractivity contribution in [3.63, 3.8) is 0 Å². The Hall–Kier alpha value is -2.15. The summed E-state index contributed by atoms with van der Waals surface area (Å²) >= 11 is 0. The Bertz CT molecular complexity index is 431. The maximum atomic E-state index is 13.0. The van der Waals surface area contributed by atoms with Crippen molar-refractivity contribution in [3.05, 3.63) is 29.6 Å². The third-order valence-electron chi connectivity index (χ3n) is 1.96. The highest BCUT2D eigenvalue weighted by atomic mass is 19.1. The Balaban J connectivity index is 2.38. The molecule has 0 aliphatic rings. The Labute approximate surface area is 103 Å². The SMILES string of the molecule is NC(=O)COCCNC(=O)c1cc(N)cc(F)c1. The van der Waals surface area contributed by atoms with Gasteiger partial charge in [-0.25, -0.2) is 4.39 Å². The first-order valence-electron chi connectivity index (χ1n) is 5.19. The predicted molar refractivity (Wildman–Crippen MR) is 63.2 cm³/mol. The number of benzene rings is 1. The van der Waals surface area contributed by atoms with Crippen LogP contribution >= 0.6 is 0 Å². The van der Waals surface area contributed by atoms with Crippen molar-refractivity contribution in [2.75, 3.05) is 25.5 Å². The average molecular weight is 255 g/mol. The molecule has 1 aromatic rings. The molecular weight excluding hydrogens is 241 g/mol. The number of nitrogens with two attached hydrogens (primary N) is 2. The number of carbonyl (C=O) groups excluding carboxylic acids is 2. The molecule has 0 heterocycles. The molecule has 0 aliphatic heterocycles. The summed E-state index contributed by atoms with van der Waals surface area (Å²) in [7, 11) is 0. The molecule has 0 fully saturated rings. The van der Waals surface area contributed by atoms with Crippen LogP contribution in [0.15, 0.2) is 18.2 Å². The van der Waals surface area contributed by atoms with Gasteiger partial charge in [0.1, 0.15) is 12.4 Å². The summed E-state index contributed by atoms with van der Waals surface area (Å²) in [6.07, 6.45) is 0. The number of amides is 2. The third kappa shape index (κ3) is 4.79. The normalized spacial score (nSPS) is 10.1. The van der Waals surface area contributed by atoms with Crippen LogP contribution in [0.2, 0.25) is 0 Å². The second-order valence-electron chi connectivity index (χ2n) is 3.55. The lowest BCUT2D eigenvalue weighted by atomic mass is 10.2. The summed E-state index contributed by atoms with van der Waals surface area (Å²) in [4.78, 5) is 21.9. The predicted octanol–water partition coefficient (Wildman–Crippen LogP) is -0.360. The van der Waals surface area contributed by atoms with Gasteiger partial charge in [-0.3, -0.25) is 9.59 Å². The number of nitrogens with one attached hydrogen (secondary N) is 1. The van der Waals surface area contributed by atoms with E-state index in [-0.39, 0.29) is 31.0 Å². The zero-order chi connectivity index (χ0) is 13.5. The number of nitrogen functional groups attached to an aromatic ring is 1. The molecule has 0 aromatic heterocycles. The van der Waals surface area contributed by atoms with Crippen LogP contribution in [0.25, 0.3) is 0 Å². The highest BCUT2D eigenvalue weighted by molar-refractivity contribution is 5.95. The van der Waals surface area contributed by atoms with Crippen LogP contribution in [-0.4, -0.2) is 31.6 Å². The minimum absolute atomic E-state index is 0.127. The smallest absolute Gasteiger partial charge is 0.251 e. The van der Waals surface area contributed by atoms with E-state index in [4.69, 9.17) is 16.2 Å². The highest BCUT2D eigenvalue weighted by Crippen LogP contribution is 2.10. The van der Waals surface area contributed by atoms with Crippen LogP contribution < -0.4 is 16.8 Å². The number of hydrogen-bond acceptors (Lipinski definition) is 4. The third-order valence-corrected chi connectivity index (χ3v) is 1.96. The van der Waals surface area contributed by atoms with Crippen molar-refractivity contribution in [1.29, 1.82) is 0 Å². The van der Waals surface area contributed by atoms with Gasteiger partial charge in [0.15, 0.2) is 0 Å².